The van der Waals surface area contributed by atoms with E-state index in [-0.39, 0.29) is 11.5 Å². The molecule has 0 saturated heterocycles. The minimum Gasteiger partial charge on any atom is -0.392 e. The molecule has 0 atom stereocenters. The Bertz CT molecular complexity index is 407. The van der Waals surface area contributed by atoms with Gasteiger partial charge < -0.3 is 5.11 Å². The van der Waals surface area contributed by atoms with Gasteiger partial charge in [-0.15, -0.1) is 0 Å². The van der Waals surface area contributed by atoms with Crippen molar-refractivity contribution >= 4 is 9.84 Å². The Morgan fingerprint density at radius 1 is 1.38 bits per heavy atom. The minimum absolute atomic E-state index is 0.130. The highest BCUT2D eigenvalue weighted by atomic mass is 32.2. The summed E-state index contributed by atoms with van der Waals surface area (Å²) in [7, 11) is -3.16. The average molecular weight is 200 g/mol. The van der Waals surface area contributed by atoms with Crippen LogP contribution in [0.5, 0.6) is 0 Å². The van der Waals surface area contributed by atoms with Crippen LogP contribution >= 0.6 is 0 Å². The lowest BCUT2D eigenvalue weighted by molar-refractivity contribution is 0.281. The summed E-state index contributed by atoms with van der Waals surface area (Å²) in [4.78, 5) is 0.252. The van der Waals surface area contributed by atoms with E-state index in [0.717, 1.165) is 11.8 Å². The number of aliphatic hydroxyl groups excluding tert-OH is 1. The largest absolute Gasteiger partial charge is 0.392 e. The summed E-state index contributed by atoms with van der Waals surface area (Å²) in [6.07, 6.45) is 1.15. The summed E-state index contributed by atoms with van der Waals surface area (Å²) in [6, 6.07) is 4.75. The van der Waals surface area contributed by atoms with Crippen molar-refractivity contribution in [3.8, 4) is 0 Å². The van der Waals surface area contributed by atoms with Gasteiger partial charge in [-0.3, -0.25) is 0 Å². The SMILES string of the molecule is Cc1ccc(S(C)(=O)=O)cc1CO. The van der Waals surface area contributed by atoms with E-state index in [0.29, 0.717) is 5.56 Å². The summed E-state index contributed by atoms with van der Waals surface area (Å²) >= 11 is 0. The van der Waals surface area contributed by atoms with Gasteiger partial charge in [-0.25, -0.2) is 8.42 Å². The molecule has 4 heteroatoms. The number of sulfone groups is 1. The molecular formula is C9H12O3S. The van der Waals surface area contributed by atoms with Crippen molar-refractivity contribution in [3.63, 3.8) is 0 Å². The van der Waals surface area contributed by atoms with Crippen LogP contribution < -0.4 is 0 Å². The highest BCUT2D eigenvalue weighted by Crippen LogP contribution is 2.15. The van der Waals surface area contributed by atoms with Gasteiger partial charge >= 0.3 is 0 Å². The molecule has 0 aliphatic rings. The van der Waals surface area contributed by atoms with Crippen LogP contribution in [0.15, 0.2) is 23.1 Å². The van der Waals surface area contributed by atoms with Crippen LogP contribution in [-0.4, -0.2) is 19.8 Å². The summed E-state index contributed by atoms with van der Waals surface area (Å²) in [5, 5.41) is 8.91. The van der Waals surface area contributed by atoms with Crippen LogP contribution in [-0.2, 0) is 16.4 Å². The van der Waals surface area contributed by atoms with Crippen LogP contribution in [0.1, 0.15) is 11.1 Å². The first-order chi connectivity index (χ1) is 5.95. The van der Waals surface area contributed by atoms with Crippen LogP contribution in [0.2, 0.25) is 0 Å². The van der Waals surface area contributed by atoms with Crippen molar-refractivity contribution in [2.75, 3.05) is 6.26 Å². The fourth-order valence-electron chi connectivity index (χ4n) is 1.05. The van der Waals surface area contributed by atoms with Crippen molar-refractivity contribution in [2.45, 2.75) is 18.4 Å². The maximum absolute atomic E-state index is 11.1. The lowest BCUT2D eigenvalue weighted by atomic mass is 10.1. The smallest absolute Gasteiger partial charge is 0.175 e. The number of benzene rings is 1. The molecule has 0 radical (unpaired) electrons. The Balaban J connectivity index is 3.30. The number of hydrogen-bond donors (Lipinski definition) is 1. The number of hydrogen-bond acceptors (Lipinski definition) is 3. The van der Waals surface area contributed by atoms with Crippen molar-refractivity contribution < 1.29 is 13.5 Å². The summed E-state index contributed by atoms with van der Waals surface area (Å²) < 4.78 is 22.3. The van der Waals surface area contributed by atoms with E-state index in [1.54, 1.807) is 12.1 Å². The molecule has 1 N–H and O–H groups in total. The van der Waals surface area contributed by atoms with Crippen LogP contribution in [0.3, 0.4) is 0 Å². The predicted molar refractivity (Wildman–Crippen MR) is 50.2 cm³/mol. The Hall–Kier alpha value is -0.870. The third-order valence-corrected chi connectivity index (χ3v) is 3.03. The number of rotatable bonds is 2. The molecular weight excluding hydrogens is 188 g/mol. The second-order valence-corrected chi connectivity index (χ2v) is 5.03. The quantitative estimate of drug-likeness (QED) is 0.771. The van der Waals surface area contributed by atoms with E-state index < -0.39 is 9.84 Å². The second-order valence-electron chi connectivity index (χ2n) is 3.02. The average Bonchev–Trinajstić information content (AvgIpc) is 2.03. The monoisotopic (exact) mass is 200 g/mol. The second kappa shape index (κ2) is 3.47. The molecule has 0 saturated carbocycles. The minimum atomic E-state index is -3.16. The Morgan fingerprint density at radius 3 is 2.46 bits per heavy atom. The normalized spacial score (nSPS) is 11.6. The first kappa shape index (κ1) is 10.2. The zero-order valence-electron chi connectivity index (χ0n) is 7.61. The molecule has 0 aromatic heterocycles. The van der Waals surface area contributed by atoms with Gasteiger partial charge in [0, 0.05) is 6.26 Å². The summed E-state index contributed by atoms with van der Waals surface area (Å²) in [6.45, 7) is 1.70. The molecule has 0 aliphatic carbocycles. The van der Waals surface area contributed by atoms with Crippen LogP contribution in [0.25, 0.3) is 0 Å². The van der Waals surface area contributed by atoms with E-state index in [4.69, 9.17) is 5.11 Å². The van der Waals surface area contributed by atoms with E-state index in [9.17, 15) is 8.42 Å². The van der Waals surface area contributed by atoms with Crippen molar-refractivity contribution in [1.82, 2.24) is 0 Å². The van der Waals surface area contributed by atoms with Gasteiger partial charge in [-0.1, -0.05) is 6.07 Å². The summed E-state index contributed by atoms with van der Waals surface area (Å²) in [5.41, 5.74) is 1.55. The van der Waals surface area contributed by atoms with E-state index in [2.05, 4.69) is 0 Å². The van der Waals surface area contributed by atoms with Crippen LogP contribution in [0.4, 0.5) is 0 Å². The van der Waals surface area contributed by atoms with E-state index >= 15 is 0 Å². The predicted octanol–water partition coefficient (Wildman–Crippen LogP) is 0.891. The standard InChI is InChI=1S/C9H12O3S/c1-7-3-4-9(13(2,11)12)5-8(7)6-10/h3-5,10H,6H2,1-2H3. The van der Waals surface area contributed by atoms with Gasteiger partial charge in [-0.05, 0) is 30.2 Å². The van der Waals surface area contributed by atoms with Crippen molar-refractivity contribution in [1.29, 1.82) is 0 Å². The van der Waals surface area contributed by atoms with Gasteiger partial charge in [0.2, 0.25) is 0 Å². The van der Waals surface area contributed by atoms with Crippen molar-refractivity contribution in [2.24, 2.45) is 0 Å². The molecule has 0 heterocycles. The summed E-state index contributed by atoms with van der Waals surface area (Å²) in [5.74, 6) is 0. The molecule has 1 aromatic rings. The molecule has 0 spiro atoms. The van der Waals surface area contributed by atoms with E-state index in [1.165, 1.54) is 6.07 Å². The first-order valence-corrected chi connectivity index (χ1v) is 5.74. The molecule has 0 bridgehead atoms. The first-order valence-electron chi connectivity index (χ1n) is 3.85. The van der Waals surface area contributed by atoms with Crippen LogP contribution in [0, 0.1) is 6.92 Å². The molecule has 0 unspecified atom stereocenters. The fourth-order valence-corrected chi connectivity index (χ4v) is 1.72. The van der Waals surface area contributed by atoms with E-state index in [1.807, 2.05) is 6.92 Å². The maximum Gasteiger partial charge on any atom is 0.175 e. The van der Waals surface area contributed by atoms with Gasteiger partial charge in [-0.2, -0.15) is 0 Å². The molecule has 72 valence electrons. The fraction of sp³-hybridized carbons (Fsp3) is 0.333. The molecule has 13 heavy (non-hydrogen) atoms. The van der Waals surface area contributed by atoms with Gasteiger partial charge in [0.25, 0.3) is 0 Å². The molecule has 0 fully saturated rings. The Morgan fingerprint density at radius 2 is 2.00 bits per heavy atom. The third kappa shape index (κ3) is 2.29. The topological polar surface area (TPSA) is 54.4 Å². The lowest BCUT2D eigenvalue weighted by Gasteiger charge is -2.04. The van der Waals surface area contributed by atoms with Gasteiger partial charge in [0.1, 0.15) is 0 Å². The number of aliphatic hydroxyl groups is 1. The maximum atomic E-state index is 11.1. The zero-order chi connectivity index (χ0) is 10.1. The highest BCUT2D eigenvalue weighted by Gasteiger charge is 2.08. The van der Waals surface area contributed by atoms with Crippen molar-refractivity contribution in [3.05, 3.63) is 29.3 Å². The molecule has 0 aliphatic heterocycles. The lowest BCUT2D eigenvalue weighted by Crippen LogP contribution is -1.99. The third-order valence-electron chi connectivity index (χ3n) is 1.92. The molecule has 0 amide bonds. The molecule has 1 rings (SSSR count). The Labute approximate surface area is 77.9 Å². The Kier molecular flexibility index (Phi) is 2.73. The molecule has 3 nitrogen and oxygen atoms in total. The highest BCUT2D eigenvalue weighted by molar-refractivity contribution is 7.90. The van der Waals surface area contributed by atoms with Gasteiger partial charge in [0.15, 0.2) is 9.84 Å². The molecule has 1 aromatic carbocycles. The zero-order valence-corrected chi connectivity index (χ0v) is 8.43. The van der Waals surface area contributed by atoms with Gasteiger partial charge in [0.05, 0.1) is 11.5 Å². The number of aryl methyl sites for hydroxylation is 1.